The van der Waals surface area contributed by atoms with E-state index in [9.17, 15) is 14.4 Å². The van der Waals surface area contributed by atoms with Crippen LogP contribution < -0.4 is 4.74 Å². The van der Waals surface area contributed by atoms with E-state index in [0.717, 1.165) is 11.1 Å². The Hall–Kier alpha value is -4.51. The zero-order valence-electron chi connectivity index (χ0n) is 24.5. The van der Waals surface area contributed by atoms with Crippen molar-refractivity contribution < 1.29 is 38.1 Å². The number of ketones is 1. The quantitative estimate of drug-likeness (QED) is 0.108. The molecule has 1 unspecified atom stereocenters. The third-order valence-electron chi connectivity index (χ3n) is 6.82. The lowest BCUT2D eigenvalue weighted by Gasteiger charge is -2.28. The van der Waals surface area contributed by atoms with Crippen molar-refractivity contribution in [3.63, 3.8) is 0 Å². The Labute approximate surface area is 250 Å². The molecule has 0 fully saturated rings. The summed E-state index contributed by atoms with van der Waals surface area (Å²) in [6.45, 7) is 2.28. The number of ether oxygens (including phenoxy) is 5. The van der Waals surface area contributed by atoms with Crippen LogP contribution in [0.25, 0.3) is 10.9 Å². The molecule has 0 aliphatic rings. The number of nitrogens with one attached hydrogen (secondary N) is 1. The van der Waals surface area contributed by atoms with E-state index >= 15 is 0 Å². The van der Waals surface area contributed by atoms with Crippen LogP contribution >= 0.6 is 0 Å². The molecule has 43 heavy (non-hydrogen) atoms. The van der Waals surface area contributed by atoms with Crippen LogP contribution in [0.1, 0.15) is 45.3 Å². The topological polar surface area (TPSA) is 116 Å². The molecule has 10 nitrogen and oxygen atoms in total. The van der Waals surface area contributed by atoms with Crippen molar-refractivity contribution in [1.82, 2.24) is 9.88 Å². The second kappa shape index (κ2) is 15.6. The number of carbonyl (C=O) groups excluding carboxylic acids is 3. The number of aromatic nitrogens is 1. The summed E-state index contributed by atoms with van der Waals surface area (Å²) in [5, 5.41) is 0.520. The summed E-state index contributed by atoms with van der Waals surface area (Å²) in [4.78, 5) is 43.9. The number of Topliss-reactive ketones (excluding diaryl/α,β-unsaturated/α-hetero) is 1. The van der Waals surface area contributed by atoms with E-state index in [4.69, 9.17) is 23.7 Å². The van der Waals surface area contributed by atoms with E-state index in [1.165, 1.54) is 14.2 Å². The number of fused-ring (bicyclic) bond motifs is 1. The third kappa shape index (κ3) is 8.74. The second-order valence-corrected chi connectivity index (χ2v) is 9.99. The van der Waals surface area contributed by atoms with Gasteiger partial charge in [-0.15, -0.1) is 0 Å². The van der Waals surface area contributed by atoms with Gasteiger partial charge in [-0.05, 0) is 36.2 Å². The molecule has 0 bridgehead atoms. The van der Waals surface area contributed by atoms with E-state index in [0.29, 0.717) is 35.4 Å². The molecule has 0 spiro atoms. The number of carbonyl (C=O) groups is 3. The zero-order chi connectivity index (χ0) is 30.6. The normalized spacial score (nSPS) is 11.8. The summed E-state index contributed by atoms with van der Waals surface area (Å²) in [6.07, 6.45) is 0.0742. The average Bonchev–Trinajstić information content (AvgIpc) is 3.48. The first-order chi connectivity index (χ1) is 20.9. The standard InChI is InChI=1S/C33H36N2O8/c1-23(16-31(37)42-21-39-2)35(18-24-10-6-4-7-11-24)19-29(36)26-14-15-30(41-20-25-12-8-5-9-13-25)32-27(26)17-28(34-32)33(38)43-22-40-3/h4-15,17,23,34H,16,18-22H2,1-3H3. The van der Waals surface area contributed by atoms with Gasteiger partial charge in [0, 0.05) is 37.8 Å². The fourth-order valence-corrected chi connectivity index (χ4v) is 4.60. The van der Waals surface area contributed by atoms with Crippen molar-refractivity contribution in [1.29, 1.82) is 0 Å². The number of rotatable bonds is 16. The van der Waals surface area contributed by atoms with Crippen LogP contribution in [0.15, 0.2) is 78.9 Å². The van der Waals surface area contributed by atoms with Gasteiger partial charge < -0.3 is 28.7 Å². The summed E-state index contributed by atoms with van der Waals surface area (Å²) < 4.78 is 26.0. The fourth-order valence-electron chi connectivity index (χ4n) is 4.60. The molecule has 0 radical (unpaired) electrons. The van der Waals surface area contributed by atoms with Crippen LogP contribution in [-0.4, -0.2) is 68.0 Å². The van der Waals surface area contributed by atoms with Gasteiger partial charge in [0.1, 0.15) is 18.1 Å². The Bertz CT molecular complexity index is 1500. The first kappa shape index (κ1) is 31.4. The molecule has 1 N–H and O–H groups in total. The van der Waals surface area contributed by atoms with E-state index in [1.54, 1.807) is 18.2 Å². The van der Waals surface area contributed by atoms with Crippen LogP contribution in [-0.2, 0) is 36.9 Å². The first-order valence-electron chi connectivity index (χ1n) is 13.8. The SMILES string of the molecule is COCOC(=O)CC(C)N(CC(=O)c1ccc(OCc2ccccc2)c2[nH]c(C(=O)OCOC)cc12)Cc1ccccc1. The highest BCUT2D eigenvalue weighted by Crippen LogP contribution is 2.31. The van der Waals surface area contributed by atoms with Crippen LogP contribution in [0.2, 0.25) is 0 Å². The molecule has 1 aromatic heterocycles. The van der Waals surface area contributed by atoms with Crippen molar-refractivity contribution in [2.45, 2.75) is 32.5 Å². The molecule has 0 aliphatic carbocycles. The minimum absolute atomic E-state index is 0.0154. The first-order valence-corrected chi connectivity index (χ1v) is 13.8. The van der Waals surface area contributed by atoms with Gasteiger partial charge in [-0.1, -0.05) is 60.7 Å². The van der Waals surface area contributed by atoms with Crippen LogP contribution in [0.5, 0.6) is 5.75 Å². The summed E-state index contributed by atoms with van der Waals surface area (Å²) in [7, 11) is 2.86. The van der Waals surface area contributed by atoms with Crippen LogP contribution in [0.4, 0.5) is 0 Å². The molecule has 0 saturated heterocycles. The number of H-pyrrole nitrogens is 1. The van der Waals surface area contributed by atoms with Gasteiger partial charge in [0.25, 0.3) is 0 Å². The molecule has 3 aromatic carbocycles. The summed E-state index contributed by atoms with van der Waals surface area (Å²) >= 11 is 0. The number of esters is 2. The van der Waals surface area contributed by atoms with Gasteiger partial charge in [0.2, 0.25) is 0 Å². The van der Waals surface area contributed by atoms with Crippen molar-refractivity contribution in [2.75, 3.05) is 34.4 Å². The second-order valence-electron chi connectivity index (χ2n) is 9.99. The van der Waals surface area contributed by atoms with Crippen molar-refractivity contribution in [3.05, 3.63) is 101 Å². The molecule has 0 saturated carbocycles. The Balaban J connectivity index is 1.63. The van der Waals surface area contributed by atoms with E-state index < -0.39 is 11.9 Å². The maximum atomic E-state index is 13.9. The number of hydrogen-bond donors (Lipinski definition) is 1. The van der Waals surface area contributed by atoms with E-state index in [2.05, 4.69) is 4.98 Å². The fraction of sp³-hybridized carbons (Fsp3) is 0.303. The molecule has 10 heteroatoms. The largest absolute Gasteiger partial charge is 0.487 e. The molecule has 226 valence electrons. The minimum Gasteiger partial charge on any atom is -0.487 e. The highest BCUT2D eigenvalue weighted by molar-refractivity contribution is 6.11. The summed E-state index contributed by atoms with van der Waals surface area (Å²) in [5.41, 5.74) is 3.02. The van der Waals surface area contributed by atoms with Crippen molar-refractivity contribution >= 4 is 28.6 Å². The molecule has 0 aliphatic heterocycles. The predicted octanol–water partition coefficient (Wildman–Crippen LogP) is 5.12. The smallest absolute Gasteiger partial charge is 0.356 e. The lowest BCUT2D eigenvalue weighted by atomic mass is 10.0. The molecular formula is C33H36N2O8. The number of benzene rings is 3. The van der Waals surface area contributed by atoms with Gasteiger partial charge in [-0.3, -0.25) is 14.5 Å². The maximum absolute atomic E-state index is 13.9. The lowest BCUT2D eigenvalue weighted by Crippen LogP contribution is -2.38. The summed E-state index contributed by atoms with van der Waals surface area (Å²) in [5.74, 6) is -0.758. The highest BCUT2D eigenvalue weighted by Gasteiger charge is 2.25. The molecule has 4 rings (SSSR count). The Kier molecular flexibility index (Phi) is 11.4. The van der Waals surface area contributed by atoms with E-state index in [1.807, 2.05) is 72.5 Å². The Morgan fingerprint density at radius 1 is 0.837 bits per heavy atom. The number of hydrogen-bond acceptors (Lipinski definition) is 9. The van der Waals surface area contributed by atoms with Gasteiger partial charge in [0.05, 0.1) is 18.5 Å². The number of methoxy groups -OCH3 is 2. The third-order valence-corrected chi connectivity index (χ3v) is 6.82. The van der Waals surface area contributed by atoms with Crippen molar-refractivity contribution in [3.8, 4) is 5.75 Å². The van der Waals surface area contributed by atoms with Crippen LogP contribution in [0, 0.1) is 0 Å². The lowest BCUT2D eigenvalue weighted by molar-refractivity contribution is -0.155. The Morgan fingerprint density at radius 3 is 2.16 bits per heavy atom. The highest BCUT2D eigenvalue weighted by atomic mass is 16.7. The van der Waals surface area contributed by atoms with Gasteiger partial charge in [0.15, 0.2) is 19.4 Å². The van der Waals surface area contributed by atoms with Gasteiger partial charge in [-0.25, -0.2) is 4.79 Å². The van der Waals surface area contributed by atoms with Crippen LogP contribution in [0.3, 0.4) is 0 Å². The molecule has 1 atom stereocenters. The number of nitrogens with zero attached hydrogens (tertiary/aromatic N) is 1. The van der Waals surface area contributed by atoms with Gasteiger partial charge >= 0.3 is 11.9 Å². The maximum Gasteiger partial charge on any atom is 0.356 e. The zero-order valence-corrected chi connectivity index (χ0v) is 24.5. The minimum atomic E-state index is -0.626. The van der Waals surface area contributed by atoms with Crippen molar-refractivity contribution in [2.24, 2.45) is 0 Å². The molecule has 4 aromatic rings. The average molecular weight is 589 g/mol. The number of aromatic amines is 1. The summed E-state index contributed by atoms with van der Waals surface area (Å²) in [6, 6.07) is 24.1. The Morgan fingerprint density at radius 2 is 1.49 bits per heavy atom. The molecule has 0 amide bonds. The van der Waals surface area contributed by atoms with Gasteiger partial charge in [-0.2, -0.15) is 0 Å². The molecular weight excluding hydrogens is 552 g/mol. The monoisotopic (exact) mass is 588 g/mol. The predicted molar refractivity (Wildman–Crippen MR) is 160 cm³/mol. The van der Waals surface area contributed by atoms with E-state index in [-0.39, 0.29) is 44.1 Å². The molecule has 1 heterocycles.